The van der Waals surface area contributed by atoms with Crippen LogP contribution in [0.25, 0.3) is 0 Å². The number of aromatic nitrogens is 1. The van der Waals surface area contributed by atoms with Crippen molar-refractivity contribution in [3.8, 4) is 17.2 Å². The Morgan fingerprint density at radius 2 is 1.30 bits per heavy atom. The highest BCUT2D eigenvalue weighted by Gasteiger charge is 2.37. The van der Waals surface area contributed by atoms with E-state index in [1.807, 2.05) is 84.9 Å². The molecular formula is C35H28N2O6. The van der Waals surface area contributed by atoms with Crippen LogP contribution in [-0.4, -0.2) is 23.8 Å². The van der Waals surface area contributed by atoms with Crippen molar-refractivity contribution < 1.29 is 28.5 Å². The third-order valence-electron chi connectivity index (χ3n) is 7.26. The van der Waals surface area contributed by atoms with Crippen molar-refractivity contribution in [2.24, 2.45) is 0 Å². The van der Waals surface area contributed by atoms with E-state index < -0.39 is 17.9 Å². The topological polar surface area (TPSA) is 92.0 Å². The van der Waals surface area contributed by atoms with Crippen molar-refractivity contribution in [3.05, 3.63) is 160 Å². The number of nitrogens with zero attached hydrogens (tertiary/aromatic N) is 2. The zero-order valence-corrected chi connectivity index (χ0v) is 23.4. The maximum atomic E-state index is 13.3. The molecule has 0 radical (unpaired) electrons. The van der Waals surface area contributed by atoms with Crippen LogP contribution in [-0.2, 0) is 13.2 Å². The Labute approximate surface area is 248 Å². The highest BCUT2D eigenvalue weighted by atomic mass is 16.5. The van der Waals surface area contributed by atoms with Gasteiger partial charge in [0.2, 0.25) is 17.6 Å². The van der Waals surface area contributed by atoms with Crippen LogP contribution < -0.4 is 18.9 Å². The lowest BCUT2D eigenvalue weighted by molar-refractivity contribution is -0.615. The van der Waals surface area contributed by atoms with Gasteiger partial charge in [-0.3, -0.25) is 14.5 Å². The SMILES string of the molecule is COc1ccc(COc2c[n+]([O-])c(CN3C(=O)c4ccccc4C3=O)cc2OC(c2ccccc2)c2ccccc2)cc1. The number of benzene rings is 4. The molecule has 1 aliphatic rings. The molecule has 214 valence electrons. The minimum atomic E-state index is -0.527. The normalized spacial score (nSPS) is 12.4. The summed E-state index contributed by atoms with van der Waals surface area (Å²) >= 11 is 0. The molecule has 0 N–H and O–H groups in total. The fraction of sp³-hybridized carbons (Fsp3) is 0.114. The van der Waals surface area contributed by atoms with Crippen LogP contribution in [0.5, 0.6) is 17.2 Å². The number of hydrogen-bond donors (Lipinski definition) is 0. The second kappa shape index (κ2) is 12.1. The van der Waals surface area contributed by atoms with Gasteiger partial charge in [-0.25, -0.2) is 0 Å². The number of hydrogen-bond acceptors (Lipinski definition) is 6. The van der Waals surface area contributed by atoms with E-state index in [-0.39, 0.29) is 24.6 Å². The molecule has 6 rings (SSSR count). The average molecular weight is 573 g/mol. The van der Waals surface area contributed by atoms with Gasteiger partial charge in [0.05, 0.1) is 24.3 Å². The Balaban J connectivity index is 1.36. The highest BCUT2D eigenvalue weighted by molar-refractivity contribution is 6.21. The maximum absolute atomic E-state index is 13.3. The second-order valence-electron chi connectivity index (χ2n) is 10.0. The van der Waals surface area contributed by atoms with Crippen molar-refractivity contribution in [1.29, 1.82) is 0 Å². The molecule has 0 atom stereocenters. The van der Waals surface area contributed by atoms with E-state index >= 15 is 0 Å². The van der Waals surface area contributed by atoms with Gasteiger partial charge in [-0.2, -0.15) is 4.73 Å². The Morgan fingerprint density at radius 1 is 0.744 bits per heavy atom. The summed E-state index contributed by atoms with van der Waals surface area (Å²) in [5, 5.41) is 13.3. The molecule has 0 unspecified atom stereocenters. The zero-order valence-electron chi connectivity index (χ0n) is 23.4. The molecule has 2 heterocycles. The molecule has 2 amide bonds. The molecule has 8 nitrogen and oxygen atoms in total. The lowest BCUT2D eigenvalue weighted by atomic mass is 10.0. The van der Waals surface area contributed by atoms with Crippen LogP contribution in [0, 0.1) is 5.21 Å². The molecule has 43 heavy (non-hydrogen) atoms. The van der Waals surface area contributed by atoms with E-state index in [1.54, 1.807) is 37.4 Å². The molecule has 0 fully saturated rings. The zero-order chi connectivity index (χ0) is 29.8. The first kappa shape index (κ1) is 27.5. The summed E-state index contributed by atoms with van der Waals surface area (Å²) in [7, 11) is 1.60. The first-order chi connectivity index (χ1) is 21.0. The number of carbonyl (C=O) groups is 2. The van der Waals surface area contributed by atoms with E-state index in [0.717, 1.165) is 27.3 Å². The molecule has 4 aromatic carbocycles. The lowest BCUT2D eigenvalue weighted by Crippen LogP contribution is -2.38. The molecule has 1 aliphatic heterocycles. The molecule has 0 bridgehead atoms. The van der Waals surface area contributed by atoms with Gasteiger partial charge in [0, 0.05) is 0 Å². The number of ether oxygens (including phenoxy) is 3. The van der Waals surface area contributed by atoms with Crippen molar-refractivity contribution in [1.82, 2.24) is 4.90 Å². The molecule has 1 aromatic heterocycles. The monoisotopic (exact) mass is 572 g/mol. The number of methoxy groups -OCH3 is 1. The van der Waals surface area contributed by atoms with Crippen LogP contribution in [0.1, 0.15) is 49.2 Å². The van der Waals surface area contributed by atoms with Crippen LogP contribution in [0.15, 0.2) is 121 Å². The van der Waals surface area contributed by atoms with Crippen molar-refractivity contribution in [2.45, 2.75) is 19.3 Å². The van der Waals surface area contributed by atoms with Gasteiger partial charge in [0.1, 0.15) is 25.0 Å². The third kappa shape index (κ3) is 5.76. The maximum Gasteiger partial charge on any atom is 0.262 e. The minimum absolute atomic E-state index is 0.154. The summed E-state index contributed by atoms with van der Waals surface area (Å²) in [5.41, 5.74) is 3.44. The first-order valence-electron chi connectivity index (χ1n) is 13.8. The Kier molecular flexibility index (Phi) is 7.74. The molecule has 0 aliphatic carbocycles. The number of carbonyl (C=O) groups excluding carboxylic acids is 2. The van der Waals surface area contributed by atoms with Crippen molar-refractivity contribution >= 4 is 11.8 Å². The summed E-state index contributed by atoms with van der Waals surface area (Å²) in [6.07, 6.45) is 0.750. The van der Waals surface area contributed by atoms with Gasteiger partial charge in [-0.15, -0.1) is 0 Å². The summed E-state index contributed by atoms with van der Waals surface area (Å²) < 4.78 is 18.6. The molecule has 8 heteroatoms. The second-order valence-corrected chi connectivity index (χ2v) is 10.0. The minimum Gasteiger partial charge on any atom is -0.618 e. The highest BCUT2D eigenvalue weighted by Crippen LogP contribution is 2.35. The van der Waals surface area contributed by atoms with Gasteiger partial charge in [-0.05, 0) is 41.0 Å². The molecular weight excluding hydrogens is 544 g/mol. The lowest BCUT2D eigenvalue weighted by Gasteiger charge is -2.22. The van der Waals surface area contributed by atoms with Crippen LogP contribution >= 0.6 is 0 Å². The summed E-state index contributed by atoms with van der Waals surface area (Å²) in [4.78, 5) is 27.2. The van der Waals surface area contributed by atoms with E-state index in [9.17, 15) is 14.8 Å². The summed E-state index contributed by atoms with van der Waals surface area (Å²) in [6, 6.07) is 35.0. The molecule has 5 aromatic rings. The largest absolute Gasteiger partial charge is 0.618 e. The average Bonchev–Trinajstić information content (AvgIpc) is 3.29. The standard InChI is InChI=1S/C35H28N2O6/c1-41-28-18-16-24(17-19-28)23-42-32-22-37(40)27(21-36-34(38)29-14-8-9-15-30(29)35(36)39)20-31(32)43-33(25-10-4-2-5-11-25)26-12-6-3-7-13-26/h2-20,22,33H,21,23H2,1H3. The van der Waals surface area contributed by atoms with E-state index in [2.05, 4.69) is 0 Å². The summed E-state index contributed by atoms with van der Waals surface area (Å²) in [5.74, 6) is 0.332. The van der Waals surface area contributed by atoms with Crippen LogP contribution in [0.2, 0.25) is 0 Å². The Hall–Kier alpha value is -5.63. The fourth-order valence-corrected chi connectivity index (χ4v) is 4.99. The first-order valence-corrected chi connectivity index (χ1v) is 13.8. The Bertz CT molecular complexity index is 1680. The summed E-state index contributed by atoms with van der Waals surface area (Å²) in [6.45, 7) is -0.0637. The van der Waals surface area contributed by atoms with Crippen molar-refractivity contribution in [3.63, 3.8) is 0 Å². The van der Waals surface area contributed by atoms with E-state index in [1.165, 1.54) is 6.20 Å². The van der Waals surface area contributed by atoms with Crippen LogP contribution in [0.3, 0.4) is 0 Å². The predicted molar refractivity (Wildman–Crippen MR) is 159 cm³/mol. The van der Waals surface area contributed by atoms with E-state index in [4.69, 9.17) is 14.2 Å². The van der Waals surface area contributed by atoms with Crippen LogP contribution in [0.4, 0.5) is 0 Å². The van der Waals surface area contributed by atoms with Crippen molar-refractivity contribution in [2.75, 3.05) is 7.11 Å². The van der Waals surface area contributed by atoms with E-state index in [0.29, 0.717) is 21.6 Å². The number of rotatable bonds is 10. The number of amides is 2. The smallest absolute Gasteiger partial charge is 0.262 e. The molecule has 0 saturated carbocycles. The van der Waals surface area contributed by atoms with Gasteiger partial charge in [0.25, 0.3) is 11.8 Å². The number of pyridine rings is 1. The third-order valence-corrected chi connectivity index (χ3v) is 7.26. The van der Waals surface area contributed by atoms with Gasteiger partial charge < -0.3 is 19.4 Å². The fourth-order valence-electron chi connectivity index (χ4n) is 4.99. The Morgan fingerprint density at radius 3 is 1.86 bits per heavy atom. The number of fused-ring (bicyclic) bond motifs is 1. The van der Waals surface area contributed by atoms with Gasteiger partial charge in [0.15, 0.2) is 5.75 Å². The van der Waals surface area contributed by atoms with Gasteiger partial charge >= 0.3 is 0 Å². The molecule has 0 spiro atoms. The predicted octanol–water partition coefficient (Wildman–Crippen LogP) is 5.87. The quantitative estimate of drug-likeness (QED) is 0.118. The van der Waals surface area contributed by atoms with Gasteiger partial charge in [-0.1, -0.05) is 84.9 Å². The number of imide groups is 1. The molecule has 0 saturated heterocycles.